The maximum Gasteiger partial charge on any atom is 0.0175 e. The van der Waals surface area contributed by atoms with Crippen LogP contribution in [0.25, 0.3) is 5.57 Å². The Morgan fingerprint density at radius 3 is 2.36 bits per heavy atom. The lowest BCUT2D eigenvalue weighted by Gasteiger charge is -2.08. The topological polar surface area (TPSA) is 0 Å². The molecule has 0 saturated heterocycles. The maximum absolute atomic E-state index is 2.29. The van der Waals surface area contributed by atoms with Gasteiger partial charge in [0.05, 0.1) is 0 Å². The highest BCUT2D eigenvalue weighted by Crippen LogP contribution is 2.40. The van der Waals surface area contributed by atoms with Gasteiger partial charge in [-0.1, -0.05) is 23.8 Å². The van der Waals surface area contributed by atoms with Crippen LogP contribution in [0, 0.1) is 6.92 Å². The third-order valence-electron chi connectivity index (χ3n) is 3.39. The number of rotatable bonds is 0. The minimum atomic E-state index is 0. The summed E-state index contributed by atoms with van der Waals surface area (Å²) in [5.74, 6) is 0. The van der Waals surface area contributed by atoms with E-state index < -0.39 is 0 Å². The zero-order valence-corrected chi connectivity index (χ0v) is 12.3. The average molecular weight is 216 g/mol. The van der Waals surface area contributed by atoms with Crippen LogP contribution in [0.2, 0.25) is 0 Å². The molecular weight excluding hydrogens is 200 g/mol. The molecule has 0 heterocycles. The van der Waals surface area contributed by atoms with Gasteiger partial charge in [0.15, 0.2) is 0 Å². The Balaban J connectivity index is 0.000000980. The number of hydrogen-bond donors (Lipinski definition) is 0. The van der Waals surface area contributed by atoms with E-state index >= 15 is 0 Å². The van der Waals surface area contributed by atoms with E-state index in [0.717, 1.165) is 5.54 Å². The van der Waals surface area contributed by atoms with Gasteiger partial charge < -0.3 is 0 Å². The van der Waals surface area contributed by atoms with Crippen LogP contribution >= 0.6 is 0 Å². The standard InChI is InChI=1S/C12H16Si.Si/c1-7-5-4-6-10-11(7)8(2)9(3)12(10)13;/h4-6,12H,1-3,13H3;. The molecule has 1 aliphatic rings. The molecule has 0 nitrogen and oxygen atoms in total. The highest BCUT2D eigenvalue weighted by molar-refractivity contribution is 6.17. The molecule has 0 spiro atoms. The molecule has 0 N–H and O–H groups in total. The summed E-state index contributed by atoms with van der Waals surface area (Å²) in [4.78, 5) is 0. The van der Waals surface area contributed by atoms with Gasteiger partial charge in [-0.05, 0) is 48.6 Å². The van der Waals surface area contributed by atoms with Gasteiger partial charge in [-0.15, -0.1) is 0 Å². The second-order valence-electron chi connectivity index (χ2n) is 4.07. The monoisotopic (exact) mass is 216 g/mol. The molecule has 0 aromatic heterocycles. The number of aryl methyl sites for hydroxylation is 1. The van der Waals surface area contributed by atoms with E-state index in [1.165, 1.54) is 26.9 Å². The number of fused-ring (bicyclic) bond motifs is 1. The summed E-state index contributed by atoms with van der Waals surface area (Å²) in [5.41, 5.74) is 8.41. The second-order valence-corrected chi connectivity index (χ2v) is 5.22. The highest BCUT2D eigenvalue weighted by atomic mass is 28.1. The van der Waals surface area contributed by atoms with Crippen LogP contribution in [0.1, 0.15) is 36.1 Å². The molecule has 1 aromatic carbocycles. The van der Waals surface area contributed by atoms with Gasteiger partial charge in [0.2, 0.25) is 0 Å². The fraction of sp³-hybridized carbons (Fsp3) is 0.333. The Morgan fingerprint density at radius 2 is 1.79 bits per heavy atom. The minimum Gasteiger partial charge on any atom is -0.0660 e. The van der Waals surface area contributed by atoms with Crippen LogP contribution in [0.3, 0.4) is 0 Å². The van der Waals surface area contributed by atoms with Crippen LogP contribution in [-0.4, -0.2) is 21.2 Å². The first-order valence-electron chi connectivity index (χ1n) is 4.90. The Hall–Kier alpha value is -0.606. The van der Waals surface area contributed by atoms with Crippen LogP contribution < -0.4 is 0 Å². The van der Waals surface area contributed by atoms with Gasteiger partial charge in [-0.2, -0.15) is 0 Å². The smallest absolute Gasteiger partial charge is 0.0175 e. The average Bonchev–Trinajstić information content (AvgIpc) is 2.33. The van der Waals surface area contributed by atoms with Crippen molar-refractivity contribution in [1.82, 2.24) is 0 Å². The van der Waals surface area contributed by atoms with Crippen LogP contribution in [0.4, 0.5) is 0 Å². The lowest BCUT2D eigenvalue weighted by molar-refractivity contribution is 1.13. The zero-order valence-electron chi connectivity index (χ0n) is 9.31. The molecule has 14 heavy (non-hydrogen) atoms. The molecule has 0 bridgehead atoms. The lowest BCUT2D eigenvalue weighted by Crippen LogP contribution is -1.95. The Labute approximate surface area is 93.9 Å². The number of hydrogen-bond acceptors (Lipinski definition) is 0. The molecule has 1 atom stereocenters. The first kappa shape index (κ1) is 11.5. The zero-order chi connectivity index (χ0) is 9.59. The molecule has 0 fully saturated rings. The van der Waals surface area contributed by atoms with E-state index in [-0.39, 0.29) is 11.0 Å². The van der Waals surface area contributed by atoms with Gasteiger partial charge in [0.1, 0.15) is 0 Å². The molecule has 1 unspecified atom stereocenters. The maximum atomic E-state index is 2.29. The van der Waals surface area contributed by atoms with E-state index in [1.54, 1.807) is 11.1 Å². The van der Waals surface area contributed by atoms with Crippen LogP contribution in [0.15, 0.2) is 23.8 Å². The third kappa shape index (κ3) is 1.42. The lowest BCUT2D eigenvalue weighted by atomic mass is 10.0. The molecular formula is C12H16Si2. The van der Waals surface area contributed by atoms with Crippen molar-refractivity contribution in [3.63, 3.8) is 0 Å². The van der Waals surface area contributed by atoms with E-state index in [2.05, 4.69) is 39.0 Å². The molecule has 4 radical (unpaired) electrons. The summed E-state index contributed by atoms with van der Waals surface area (Å²) in [6.07, 6.45) is 0. The summed E-state index contributed by atoms with van der Waals surface area (Å²) in [6.45, 7) is 6.76. The third-order valence-corrected chi connectivity index (χ3v) is 4.88. The highest BCUT2D eigenvalue weighted by Gasteiger charge is 2.23. The van der Waals surface area contributed by atoms with Crippen molar-refractivity contribution < 1.29 is 0 Å². The van der Waals surface area contributed by atoms with E-state index in [1.807, 2.05) is 0 Å². The molecule has 0 saturated carbocycles. The molecule has 1 aliphatic carbocycles. The first-order valence-corrected chi connectivity index (χ1v) is 6.05. The van der Waals surface area contributed by atoms with Gasteiger partial charge >= 0.3 is 0 Å². The van der Waals surface area contributed by atoms with Gasteiger partial charge in [0.25, 0.3) is 0 Å². The number of allylic oxidation sites excluding steroid dienone is 2. The minimum absolute atomic E-state index is 0. The second kappa shape index (κ2) is 3.87. The van der Waals surface area contributed by atoms with Gasteiger partial charge in [-0.3, -0.25) is 0 Å². The van der Waals surface area contributed by atoms with Crippen molar-refractivity contribution in [3.05, 3.63) is 40.5 Å². The largest absolute Gasteiger partial charge is 0.0660 e. The predicted octanol–water partition coefficient (Wildman–Crippen LogP) is 1.83. The Bertz CT molecular complexity index is 391. The molecule has 2 heteroatoms. The van der Waals surface area contributed by atoms with Crippen LogP contribution in [-0.2, 0) is 0 Å². The van der Waals surface area contributed by atoms with E-state index in [0.29, 0.717) is 0 Å². The first-order chi connectivity index (χ1) is 6.13. The van der Waals surface area contributed by atoms with Crippen molar-refractivity contribution in [2.24, 2.45) is 0 Å². The van der Waals surface area contributed by atoms with E-state index in [4.69, 9.17) is 0 Å². The van der Waals surface area contributed by atoms with Gasteiger partial charge in [-0.25, -0.2) is 0 Å². The normalized spacial score (nSPS) is 19.5. The summed E-state index contributed by atoms with van der Waals surface area (Å²) >= 11 is 0. The molecule has 72 valence electrons. The van der Waals surface area contributed by atoms with Crippen molar-refractivity contribution in [2.45, 2.75) is 26.3 Å². The molecule has 0 amide bonds. The Kier molecular flexibility index (Phi) is 3.17. The summed E-state index contributed by atoms with van der Waals surface area (Å²) < 4.78 is 0. The summed E-state index contributed by atoms with van der Waals surface area (Å²) in [7, 11) is 1.24. The SMILES string of the molecule is CC1=C(C)C([SiH3])c2cccc(C)c21.[Si]. The quantitative estimate of drug-likeness (QED) is 0.581. The van der Waals surface area contributed by atoms with Crippen molar-refractivity contribution in [1.29, 1.82) is 0 Å². The van der Waals surface area contributed by atoms with Crippen molar-refractivity contribution in [2.75, 3.05) is 0 Å². The van der Waals surface area contributed by atoms with Gasteiger partial charge in [0, 0.05) is 21.2 Å². The summed E-state index contributed by atoms with van der Waals surface area (Å²) in [5, 5.41) is 0. The van der Waals surface area contributed by atoms with Crippen molar-refractivity contribution >= 4 is 26.8 Å². The fourth-order valence-electron chi connectivity index (χ4n) is 2.32. The van der Waals surface area contributed by atoms with Crippen molar-refractivity contribution in [3.8, 4) is 0 Å². The number of benzene rings is 1. The predicted molar refractivity (Wildman–Crippen MR) is 67.9 cm³/mol. The summed E-state index contributed by atoms with van der Waals surface area (Å²) in [6, 6.07) is 6.69. The fourth-order valence-corrected chi connectivity index (χ4v) is 3.23. The molecule has 1 aromatic rings. The van der Waals surface area contributed by atoms with E-state index in [9.17, 15) is 0 Å². The molecule has 0 aliphatic heterocycles. The Morgan fingerprint density at radius 1 is 1.14 bits per heavy atom. The van der Waals surface area contributed by atoms with Crippen LogP contribution in [0.5, 0.6) is 0 Å². The molecule has 2 rings (SSSR count).